The van der Waals surface area contributed by atoms with E-state index in [0.29, 0.717) is 12.0 Å². The van der Waals surface area contributed by atoms with Crippen molar-refractivity contribution in [2.24, 2.45) is 0 Å². The second kappa shape index (κ2) is 8.87. The summed E-state index contributed by atoms with van der Waals surface area (Å²) in [5.74, 6) is 0.570. The Bertz CT molecular complexity index is 816. The second-order valence-electron chi connectivity index (χ2n) is 8.55. The fraction of sp³-hybridized carbons (Fsp3) is 0.458. The standard InChI is InChI=1S/C24H32N4O/c1-18(2)20-7-9-21(10-8-20)26-22-4-3-14-27(17-22)16-19-5-11-23(12-6-19)28-15-13-25-24(28)29/h5-12,18,22,26H,3-4,13-17H2,1-2H3,(H,25,29)/t22-/m1/s1. The number of anilines is 2. The van der Waals surface area contributed by atoms with Crippen molar-refractivity contribution in [3.63, 3.8) is 0 Å². The highest BCUT2D eigenvalue weighted by Crippen LogP contribution is 2.22. The largest absolute Gasteiger partial charge is 0.381 e. The number of hydrogen-bond donors (Lipinski definition) is 2. The summed E-state index contributed by atoms with van der Waals surface area (Å²) in [6.07, 6.45) is 2.43. The number of piperidine rings is 1. The van der Waals surface area contributed by atoms with Crippen molar-refractivity contribution in [1.29, 1.82) is 0 Å². The van der Waals surface area contributed by atoms with E-state index < -0.39 is 0 Å². The van der Waals surface area contributed by atoms with E-state index in [-0.39, 0.29) is 6.03 Å². The minimum Gasteiger partial charge on any atom is -0.381 e. The third-order valence-corrected chi connectivity index (χ3v) is 5.96. The van der Waals surface area contributed by atoms with Gasteiger partial charge in [0.15, 0.2) is 0 Å². The molecule has 5 heteroatoms. The summed E-state index contributed by atoms with van der Waals surface area (Å²) in [5.41, 5.74) is 4.88. The Morgan fingerprint density at radius 3 is 2.48 bits per heavy atom. The molecule has 5 nitrogen and oxygen atoms in total. The van der Waals surface area contributed by atoms with Crippen molar-refractivity contribution in [1.82, 2.24) is 10.2 Å². The molecule has 2 N–H and O–H groups in total. The van der Waals surface area contributed by atoms with Crippen LogP contribution in [0, 0.1) is 0 Å². The van der Waals surface area contributed by atoms with Crippen molar-refractivity contribution in [3.05, 3.63) is 59.7 Å². The molecule has 2 fully saturated rings. The van der Waals surface area contributed by atoms with Gasteiger partial charge in [0, 0.05) is 43.6 Å². The fourth-order valence-electron chi connectivity index (χ4n) is 4.27. The van der Waals surface area contributed by atoms with Crippen LogP contribution in [0.2, 0.25) is 0 Å². The first-order valence-electron chi connectivity index (χ1n) is 10.8. The van der Waals surface area contributed by atoms with Crippen molar-refractivity contribution >= 4 is 17.4 Å². The number of carbonyl (C=O) groups excluding carboxylic acids is 1. The maximum absolute atomic E-state index is 11.8. The van der Waals surface area contributed by atoms with Gasteiger partial charge in [0.25, 0.3) is 0 Å². The van der Waals surface area contributed by atoms with Gasteiger partial charge in [0.2, 0.25) is 0 Å². The summed E-state index contributed by atoms with van der Waals surface area (Å²) in [4.78, 5) is 16.1. The molecule has 0 radical (unpaired) electrons. The van der Waals surface area contributed by atoms with Crippen molar-refractivity contribution in [2.75, 3.05) is 36.4 Å². The van der Waals surface area contributed by atoms with E-state index in [4.69, 9.17) is 0 Å². The minimum absolute atomic E-state index is 0.00382. The number of urea groups is 1. The maximum Gasteiger partial charge on any atom is 0.321 e. The molecule has 2 aromatic carbocycles. The molecule has 29 heavy (non-hydrogen) atoms. The van der Waals surface area contributed by atoms with Crippen LogP contribution in [-0.2, 0) is 6.54 Å². The number of hydrogen-bond acceptors (Lipinski definition) is 3. The normalized spacial score (nSPS) is 20.2. The Morgan fingerprint density at radius 1 is 1.07 bits per heavy atom. The number of carbonyl (C=O) groups is 1. The molecule has 0 aliphatic carbocycles. The van der Waals surface area contributed by atoms with Gasteiger partial charge in [0.1, 0.15) is 0 Å². The number of nitrogens with one attached hydrogen (secondary N) is 2. The van der Waals surface area contributed by atoms with E-state index in [2.05, 4.69) is 77.9 Å². The van der Waals surface area contributed by atoms with Crippen LogP contribution in [0.5, 0.6) is 0 Å². The average molecular weight is 393 g/mol. The molecule has 2 aromatic rings. The summed E-state index contributed by atoms with van der Waals surface area (Å²) >= 11 is 0. The Morgan fingerprint density at radius 2 is 1.83 bits per heavy atom. The highest BCUT2D eigenvalue weighted by molar-refractivity contribution is 5.93. The van der Waals surface area contributed by atoms with Gasteiger partial charge in [-0.1, -0.05) is 38.1 Å². The van der Waals surface area contributed by atoms with E-state index in [1.807, 2.05) is 0 Å². The zero-order valence-electron chi connectivity index (χ0n) is 17.5. The number of benzene rings is 2. The van der Waals surface area contributed by atoms with Gasteiger partial charge >= 0.3 is 6.03 Å². The van der Waals surface area contributed by atoms with Crippen LogP contribution >= 0.6 is 0 Å². The van der Waals surface area contributed by atoms with Crippen molar-refractivity contribution in [3.8, 4) is 0 Å². The first kappa shape index (κ1) is 19.8. The number of amides is 2. The molecule has 2 aliphatic heterocycles. The van der Waals surface area contributed by atoms with Crippen LogP contribution in [0.1, 0.15) is 43.7 Å². The van der Waals surface area contributed by atoms with Crippen LogP contribution in [-0.4, -0.2) is 43.2 Å². The summed E-state index contributed by atoms with van der Waals surface area (Å²) in [6, 6.07) is 17.8. The van der Waals surface area contributed by atoms with Gasteiger partial charge in [-0.2, -0.15) is 0 Å². The van der Waals surface area contributed by atoms with Gasteiger partial charge in [-0.05, 0) is 60.7 Å². The Hall–Kier alpha value is -2.53. The average Bonchev–Trinajstić information content (AvgIpc) is 3.15. The lowest BCUT2D eigenvalue weighted by atomic mass is 10.0. The van der Waals surface area contributed by atoms with E-state index in [1.165, 1.54) is 29.7 Å². The van der Waals surface area contributed by atoms with E-state index >= 15 is 0 Å². The number of rotatable bonds is 6. The summed E-state index contributed by atoms with van der Waals surface area (Å²) in [7, 11) is 0. The summed E-state index contributed by atoms with van der Waals surface area (Å²) < 4.78 is 0. The molecular formula is C24H32N4O. The molecule has 2 heterocycles. The Balaban J connectivity index is 1.32. The van der Waals surface area contributed by atoms with Crippen LogP contribution in [0.3, 0.4) is 0 Å². The quantitative estimate of drug-likeness (QED) is 0.765. The molecule has 4 rings (SSSR count). The molecule has 2 amide bonds. The predicted molar refractivity (Wildman–Crippen MR) is 120 cm³/mol. The lowest BCUT2D eigenvalue weighted by molar-refractivity contribution is 0.208. The highest BCUT2D eigenvalue weighted by atomic mass is 16.2. The first-order chi connectivity index (χ1) is 14.1. The predicted octanol–water partition coefficient (Wildman–Crippen LogP) is 4.42. The monoisotopic (exact) mass is 392 g/mol. The molecule has 0 spiro atoms. The van der Waals surface area contributed by atoms with Gasteiger partial charge < -0.3 is 10.6 Å². The minimum atomic E-state index is 0.00382. The molecule has 1 atom stereocenters. The molecule has 0 unspecified atom stereocenters. The van der Waals surface area contributed by atoms with Crippen LogP contribution < -0.4 is 15.5 Å². The lowest BCUT2D eigenvalue weighted by Gasteiger charge is -2.33. The third-order valence-electron chi connectivity index (χ3n) is 5.96. The highest BCUT2D eigenvalue weighted by Gasteiger charge is 2.22. The van der Waals surface area contributed by atoms with Crippen molar-refractivity contribution in [2.45, 2.75) is 45.2 Å². The lowest BCUT2D eigenvalue weighted by Crippen LogP contribution is -2.41. The van der Waals surface area contributed by atoms with Gasteiger partial charge in [-0.3, -0.25) is 9.80 Å². The van der Waals surface area contributed by atoms with Gasteiger partial charge in [0.05, 0.1) is 0 Å². The molecule has 2 aliphatic rings. The molecule has 0 saturated carbocycles. The van der Waals surface area contributed by atoms with E-state index in [9.17, 15) is 4.79 Å². The van der Waals surface area contributed by atoms with Crippen LogP contribution in [0.4, 0.5) is 16.2 Å². The SMILES string of the molecule is CC(C)c1ccc(N[C@@H]2CCCN(Cc3ccc(N4CCNC4=O)cc3)C2)cc1. The van der Waals surface area contributed by atoms with E-state index in [1.54, 1.807) is 4.90 Å². The molecule has 2 saturated heterocycles. The maximum atomic E-state index is 11.8. The number of likely N-dealkylation sites (tertiary alicyclic amines) is 1. The molecule has 0 bridgehead atoms. The number of nitrogens with zero attached hydrogens (tertiary/aromatic N) is 2. The Labute approximate surface area is 174 Å². The zero-order valence-corrected chi connectivity index (χ0v) is 17.5. The molecule has 0 aromatic heterocycles. The molecule has 154 valence electrons. The van der Waals surface area contributed by atoms with E-state index in [0.717, 1.165) is 38.4 Å². The second-order valence-corrected chi connectivity index (χ2v) is 8.55. The van der Waals surface area contributed by atoms with Crippen LogP contribution in [0.25, 0.3) is 0 Å². The third kappa shape index (κ3) is 4.91. The van der Waals surface area contributed by atoms with Crippen molar-refractivity contribution < 1.29 is 4.79 Å². The Kier molecular flexibility index (Phi) is 6.05. The topological polar surface area (TPSA) is 47.6 Å². The first-order valence-corrected chi connectivity index (χ1v) is 10.8. The van der Waals surface area contributed by atoms with Gasteiger partial charge in [-0.25, -0.2) is 4.79 Å². The smallest absolute Gasteiger partial charge is 0.321 e. The summed E-state index contributed by atoms with van der Waals surface area (Å²) in [6.45, 7) is 9.08. The summed E-state index contributed by atoms with van der Waals surface area (Å²) in [5, 5.41) is 6.57. The fourth-order valence-corrected chi connectivity index (χ4v) is 4.27. The zero-order chi connectivity index (χ0) is 20.2. The van der Waals surface area contributed by atoms with Crippen LogP contribution in [0.15, 0.2) is 48.5 Å². The molecular weight excluding hydrogens is 360 g/mol. The van der Waals surface area contributed by atoms with Gasteiger partial charge in [-0.15, -0.1) is 0 Å².